The summed E-state index contributed by atoms with van der Waals surface area (Å²) in [6.07, 6.45) is -15.2. The summed E-state index contributed by atoms with van der Waals surface area (Å²) in [5.74, 6) is -1.03. The number of hydrogen-bond donors (Lipinski definition) is 0. The molecule has 1 amide bonds. The van der Waals surface area contributed by atoms with Gasteiger partial charge in [-0.2, -0.15) is 39.5 Å². The van der Waals surface area contributed by atoms with Crippen LogP contribution in [-0.2, 0) is 39.2 Å². The van der Waals surface area contributed by atoms with Gasteiger partial charge in [-0.05, 0) is 42.3 Å². The molecule has 262 valence electrons. The van der Waals surface area contributed by atoms with Crippen molar-refractivity contribution in [2.24, 2.45) is 0 Å². The molecule has 0 unspecified atom stereocenters. The Morgan fingerprint density at radius 2 is 1.23 bits per heavy atom. The van der Waals surface area contributed by atoms with Crippen molar-refractivity contribution in [3.8, 4) is 0 Å². The fourth-order valence-electron chi connectivity index (χ4n) is 5.94. The molecule has 7 nitrogen and oxygen atoms in total. The van der Waals surface area contributed by atoms with Gasteiger partial charge in [0.25, 0.3) is 5.91 Å². The number of morpholine rings is 1. The van der Waals surface area contributed by atoms with Crippen LogP contribution in [0, 0.1) is 0 Å². The van der Waals surface area contributed by atoms with E-state index in [1.54, 1.807) is 14.2 Å². The lowest BCUT2D eigenvalue weighted by Crippen LogP contribution is -2.58. The highest BCUT2D eigenvalue weighted by Gasteiger charge is 2.39. The van der Waals surface area contributed by atoms with Gasteiger partial charge in [0.15, 0.2) is 0 Å². The number of hydrogen-bond acceptors (Lipinski definition) is 6. The second-order valence-electron chi connectivity index (χ2n) is 11.7. The van der Waals surface area contributed by atoms with Crippen molar-refractivity contribution in [2.45, 2.75) is 43.2 Å². The number of alkyl halides is 9. The summed E-state index contributed by atoms with van der Waals surface area (Å²) < 4.78 is 137. The number of piperazine rings is 1. The molecule has 0 radical (unpaired) electrons. The van der Waals surface area contributed by atoms with Gasteiger partial charge >= 0.3 is 18.5 Å². The first kappa shape index (κ1) is 36.9. The van der Waals surface area contributed by atoms with Crippen LogP contribution in [-0.4, -0.2) is 112 Å². The van der Waals surface area contributed by atoms with E-state index in [4.69, 9.17) is 14.2 Å². The molecular weight excluding hydrogens is 649 g/mol. The van der Waals surface area contributed by atoms with E-state index in [1.165, 1.54) is 17.0 Å². The van der Waals surface area contributed by atoms with E-state index < -0.39 is 52.7 Å². The third kappa shape index (κ3) is 10.0. The second-order valence-corrected chi connectivity index (χ2v) is 11.7. The Morgan fingerprint density at radius 1 is 0.723 bits per heavy atom. The van der Waals surface area contributed by atoms with Crippen molar-refractivity contribution in [3.05, 3.63) is 70.3 Å². The smallest absolute Gasteiger partial charge is 0.382 e. The minimum absolute atomic E-state index is 0.0227. The molecule has 0 aromatic heterocycles. The van der Waals surface area contributed by atoms with Gasteiger partial charge in [0.1, 0.15) is 0 Å². The summed E-state index contributed by atoms with van der Waals surface area (Å²) in [5.41, 5.74) is -4.47. The summed E-state index contributed by atoms with van der Waals surface area (Å²) in [5, 5.41) is 0. The number of carbonyl (C=O) groups excluding carboxylic acids is 1. The highest BCUT2D eigenvalue weighted by Crippen LogP contribution is 2.37. The zero-order valence-corrected chi connectivity index (χ0v) is 25.7. The first-order valence-electron chi connectivity index (χ1n) is 14.8. The molecule has 2 aromatic carbocycles. The molecule has 2 heterocycles. The van der Waals surface area contributed by atoms with Crippen LogP contribution < -0.4 is 0 Å². The van der Waals surface area contributed by atoms with E-state index in [1.807, 2.05) is 4.90 Å². The molecule has 2 aromatic rings. The average molecular weight is 686 g/mol. The van der Waals surface area contributed by atoms with E-state index >= 15 is 0 Å². The molecule has 3 atom stereocenters. The van der Waals surface area contributed by atoms with Gasteiger partial charge in [-0.1, -0.05) is 12.1 Å². The minimum Gasteiger partial charge on any atom is -0.382 e. The maximum absolute atomic E-state index is 13.6. The Kier molecular flexibility index (Phi) is 11.9. The summed E-state index contributed by atoms with van der Waals surface area (Å²) in [4.78, 5) is 19.0. The van der Waals surface area contributed by atoms with Gasteiger partial charge in [-0.15, -0.1) is 0 Å². The molecule has 2 aliphatic rings. The fraction of sp³-hybridized carbons (Fsp3) is 0.581. The number of halogens is 9. The van der Waals surface area contributed by atoms with Crippen LogP contribution in [0.1, 0.15) is 32.6 Å². The third-order valence-electron chi connectivity index (χ3n) is 8.16. The van der Waals surface area contributed by atoms with Crippen molar-refractivity contribution in [2.75, 3.05) is 73.2 Å². The van der Waals surface area contributed by atoms with E-state index in [-0.39, 0.29) is 44.3 Å². The molecule has 47 heavy (non-hydrogen) atoms. The molecule has 0 bridgehead atoms. The van der Waals surface area contributed by atoms with Crippen LogP contribution in [0.3, 0.4) is 0 Å². The number of methoxy groups -OCH3 is 2. The van der Waals surface area contributed by atoms with Crippen LogP contribution in [0.4, 0.5) is 39.5 Å². The van der Waals surface area contributed by atoms with E-state index in [9.17, 15) is 44.3 Å². The largest absolute Gasteiger partial charge is 0.416 e. The van der Waals surface area contributed by atoms with Crippen LogP contribution in [0.25, 0.3) is 0 Å². The molecule has 0 saturated carbocycles. The third-order valence-corrected chi connectivity index (χ3v) is 8.16. The molecule has 2 fully saturated rings. The highest BCUT2D eigenvalue weighted by molar-refractivity contribution is 5.95. The van der Waals surface area contributed by atoms with E-state index in [0.29, 0.717) is 57.1 Å². The van der Waals surface area contributed by atoms with Gasteiger partial charge in [0.05, 0.1) is 42.1 Å². The first-order chi connectivity index (χ1) is 22.0. The van der Waals surface area contributed by atoms with Crippen molar-refractivity contribution in [1.29, 1.82) is 0 Å². The number of ether oxygens (including phenoxy) is 3. The molecular formula is C31H36F9N3O4. The first-order valence-corrected chi connectivity index (χ1v) is 14.8. The van der Waals surface area contributed by atoms with Crippen molar-refractivity contribution in [1.82, 2.24) is 14.7 Å². The Bertz CT molecular complexity index is 1290. The predicted molar refractivity (Wildman–Crippen MR) is 152 cm³/mol. The van der Waals surface area contributed by atoms with Crippen molar-refractivity contribution in [3.63, 3.8) is 0 Å². The van der Waals surface area contributed by atoms with E-state index in [2.05, 4.69) is 4.90 Å². The molecule has 0 aliphatic carbocycles. The van der Waals surface area contributed by atoms with Gasteiger partial charge in [-0.25, -0.2) is 0 Å². The minimum atomic E-state index is -5.14. The molecule has 0 N–H and O–H groups in total. The zero-order chi connectivity index (χ0) is 34.6. The maximum atomic E-state index is 13.6. The number of benzene rings is 2. The zero-order valence-electron chi connectivity index (χ0n) is 25.7. The predicted octanol–water partition coefficient (Wildman–Crippen LogP) is 5.47. The maximum Gasteiger partial charge on any atom is 0.416 e. The number of nitrogens with zero attached hydrogens (tertiary/aromatic N) is 3. The monoisotopic (exact) mass is 685 g/mol. The SMILES string of the molecule is COC[C@@H]1CN(CCN2CCN(C(=O)c3cc(C(F)(F)F)cc(C(F)(F)F)c3)[C@H](Cc3ccc(C(F)(F)F)cc3)C2)C[C@H](COC)O1. The van der Waals surface area contributed by atoms with Crippen molar-refractivity contribution >= 4 is 5.91 Å². The fourth-order valence-corrected chi connectivity index (χ4v) is 5.94. The Hall–Kier alpha value is -2.92. The molecule has 2 aliphatic heterocycles. The molecule has 4 rings (SSSR count). The molecule has 0 spiro atoms. The van der Waals surface area contributed by atoms with Crippen LogP contribution >= 0.6 is 0 Å². The lowest BCUT2D eigenvalue weighted by molar-refractivity contribution is -0.143. The topological polar surface area (TPSA) is 54.5 Å². The number of amides is 1. The average Bonchev–Trinajstić information content (AvgIpc) is 2.99. The second kappa shape index (κ2) is 15.1. The molecule has 16 heteroatoms. The van der Waals surface area contributed by atoms with Crippen LogP contribution in [0.5, 0.6) is 0 Å². The highest BCUT2D eigenvalue weighted by atomic mass is 19.4. The lowest BCUT2D eigenvalue weighted by Gasteiger charge is -2.43. The summed E-state index contributed by atoms with van der Waals surface area (Å²) in [7, 11) is 3.13. The Morgan fingerprint density at radius 3 is 1.72 bits per heavy atom. The van der Waals surface area contributed by atoms with Gasteiger partial charge in [-0.3, -0.25) is 14.6 Å². The van der Waals surface area contributed by atoms with Gasteiger partial charge in [0.2, 0.25) is 0 Å². The lowest BCUT2D eigenvalue weighted by atomic mass is 9.98. The van der Waals surface area contributed by atoms with Gasteiger partial charge < -0.3 is 19.1 Å². The summed E-state index contributed by atoms with van der Waals surface area (Å²) in [6.45, 7) is 3.43. The normalized spacial score (nSPS) is 22.1. The Balaban J connectivity index is 1.56. The van der Waals surface area contributed by atoms with Gasteiger partial charge in [0, 0.05) is 71.6 Å². The summed E-state index contributed by atoms with van der Waals surface area (Å²) >= 11 is 0. The Labute approximate surface area is 266 Å². The van der Waals surface area contributed by atoms with Crippen LogP contribution in [0.2, 0.25) is 0 Å². The molecule has 2 saturated heterocycles. The van der Waals surface area contributed by atoms with Crippen LogP contribution in [0.15, 0.2) is 42.5 Å². The quantitative estimate of drug-likeness (QED) is 0.310. The van der Waals surface area contributed by atoms with Crippen molar-refractivity contribution < 1.29 is 58.5 Å². The van der Waals surface area contributed by atoms with E-state index in [0.717, 1.165) is 12.1 Å². The standard InChI is InChI=1S/C31H36F9N3O4/c1-45-18-26-16-42(17-27(47-26)19-46-2)8-7-41-9-10-43(25(15-41)11-20-3-5-22(6-4-20)29(32,33)34)28(44)21-12-23(30(35,36)37)14-24(13-21)31(38,39)40/h3-6,12-14,25-27H,7-11,15-19H2,1-2H3/t25-,26-,27+/m1/s1. The number of carbonyl (C=O) groups is 1. The number of rotatable bonds is 10. The summed E-state index contributed by atoms with van der Waals surface area (Å²) in [6, 6.07) is 4.24.